The molecule has 39 heavy (non-hydrogen) atoms. The lowest BCUT2D eigenvalue weighted by Crippen LogP contribution is -2.31. The van der Waals surface area contributed by atoms with Crippen molar-refractivity contribution >= 4 is 5.97 Å². The van der Waals surface area contributed by atoms with E-state index in [2.05, 4.69) is 11.9 Å². The average Bonchev–Trinajstić information content (AvgIpc) is 3.32. The maximum atomic E-state index is 12.3. The van der Waals surface area contributed by atoms with Gasteiger partial charge in [-0.2, -0.15) is 0 Å². The van der Waals surface area contributed by atoms with Crippen LogP contribution in [0.25, 0.3) is 0 Å². The number of hydrogen-bond donors (Lipinski definition) is 2. The molecule has 8 nitrogen and oxygen atoms in total. The maximum Gasteiger partial charge on any atom is 0.330 e. The molecule has 0 amide bonds. The minimum absolute atomic E-state index is 0.252. The van der Waals surface area contributed by atoms with Gasteiger partial charge in [-0.05, 0) is 6.42 Å². The van der Waals surface area contributed by atoms with Crippen LogP contribution in [0.4, 0.5) is 0 Å². The lowest BCUT2D eigenvalue weighted by molar-refractivity contribution is -0.153. The number of aromatic amines is 1. The van der Waals surface area contributed by atoms with Gasteiger partial charge in [0.05, 0.1) is 6.61 Å². The van der Waals surface area contributed by atoms with E-state index in [1.54, 1.807) is 0 Å². The number of unbranched alkanes of at least 4 members (excludes halogenated alkanes) is 18. The molecule has 1 aromatic rings. The van der Waals surface area contributed by atoms with Crippen molar-refractivity contribution in [2.45, 2.75) is 160 Å². The zero-order valence-electron chi connectivity index (χ0n) is 24.4. The lowest BCUT2D eigenvalue weighted by atomic mass is 10.0. The molecule has 1 fully saturated rings. The lowest BCUT2D eigenvalue weighted by Gasteiger charge is -2.16. The van der Waals surface area contributed by atoms with Crippen molar-refractivity contribution in [1.82, 2.24) is 9.55 Å². The summed E-state index contributed by atoms with van der Waals surface area (Å²) in [6.45, 7) is 1.96. The smallest absolute Gasteiger partial charge is 0.330 e. The summed E-state index contributed by atoms with van der Waals surface area (Å²) in [7, 11) is 0. The molecular formula is C31H54N2O6. The topological polar surface area (TPSA) is 111 Å². The molecular weight excluding hydrogens is 496 g/mol. The van der Waals surface area contributed by atoms with E-state index >= 15 is 0 Å². The molecule has 0 saturated carbocycles. The zero-order chi connectivity index (χ0) is 28.1. The Morgan fingerprint density at radius 2 is 1.36 bits per heavy atom. The van der Waals surface area contributed by atoms with Gasteiger partial charge < -0.3 is 14.6 Å². The number of nitrogens with zero attached hydrogens (tertiary/aromatic N) is 1. The first kappa shape index (κ1) is 33.3. The standard InChI is InChI=1S/C31H54N2O6/c1-2-3-4-5-6-7-8-9-10-11-12-13-14-15-16-17-18-19-20-21-30(36)39-26-24-29(38-27(26)25-34)33-23-22-28(35)32-31(33)37/h22-23,26-27,29,34H,2-21,24-25H2,1H3,(H,32,35,37)/t26-,27+,29+/m0/s1. The highest BCUT2D eigenvalue weighted by Gasteiger charge is 2.38. The Kier molecular flexibility index (Phi) is 17.8. The fourth-order valence-electron chi connectivity index (χ4n) is 5.39. The number of aliphatic hydroxyl groups excluding tert-OH is 1. The SMILES string of the molecule is CCCCCCCCCCCCCCCCCCCCCC(=O)O[C@H]1C[C@H](n2ccc(=O)[nH]c2=O)O[C@@H]1CO. The second-order valence-electron chi connectivity index (χ2n) is 11.2. The Labute approximate surface area is 234 Å². The predicted octanol–water partition coefficient (Wildman–Crippen LogP) is 6.55. The number of ether oxygens (including phenoxy) is 2. The number of nitrogens with one attached hydrogen (secondary N) is 1. The van der Waals surface area contributed by atoms with Crippen LogP contribution < -0.4 is 11.2 Å². The summed E-state index contributed by atoms with van der Waals surface area (Å²) in [5.74, 6) is -0.302. The van der Waals surface area contributed by atoms with E-state index in [9.17, 15) is 19.5 Å². The molecule has 2 heterocycles. The fraction of sp³-hybridized carbons (Fsp3) is 0.839. The number of carbonyl (C=O) groups excluding carboxylic acids is 1. The number of aliphatic hydroxyl groups is 1. The number of hydrogen-bond acceptors (Lipinski definition) is 6. The van der Waals surface area contributed by atoms with Gasteiger partial charge in [0, 0.05) is 25.1 Å². The van der Waals surface area contributed by atoms with Crippen LogP contribution in [0.2, 0.25) is 0 Å². The summed E-state index contributed by atoms with van der Waals surface area (Å²) in [6.07, 6.45) is 24.8. The van der Waals surface area contributed by atoms with Crippen LogP contribution in [0.3, 0.4) is 0 Å². The van der Waals surface area contributed by atoms with E-state index in [1.807, 2.05) is 0 Å². The molecule has 0 radical (unpaired) electrons. The maximum absolute atomic E-state index is 12.3. The average molecular weight is 551 g/mol. The van der Waals surface area contributed by atoms with Gasteiger partial charge in [0.1, 0.15) is 18.4 Å². The predicted molar refractivity (Wildman–Crippen MR) is 155 cm³/mol. The Balaban J connectivity index is 1.41. The van der Waals surface area contributed by atoms with Crippen molar-refractivity contribution in [2.24, 2.45) is 0 Å². The van der Waals surface area contributed by atoms with E-state index in [4.69, 9.17) is 9.47 Å². The van der Waals surface area contributed by atoms with Crippen LogP contribution in [0.15, 0.2) is 21.9 Å². The highest BCUT2D eigenvalue weighted by molar-refractivity contribution is 5.69. The van der Waals surface area contributed by atoms with E-state index in [1.165, 1.54) is 120 Å². The molecule has 1 aliphatic rings. The summed E-state index contributed by atoms with van der Waals surface area (Å²) < 4.78 is 12.5. The largest absolute Gasteiger partial charge is 0.459 e. The van der Waals surface area contributed by atoms with Crippen molar-refractivity contribution in [3.63, 3.8) is 0 Å². The number of esters is 1. The molecule has 0 bridgehead atoms. The van der Waals surface area contributed by atoms with Gasteiger partial charge >= 0.3 is 11.7 Å². The molecule has 2 N–H and O–H groups in total. The molecule has 8 heteroatoms. The van der Waals surface area contributed by atoms with Crippen molar-refractivity contribution in [3.05, 3.63) is 33.1 Å². The van der Waals surface area contributed by atoms with Crippen LogP contribution in [0.5, 0.6) is 0 Å². The van der Waals surface area contributed by atoms with Gasteiger partial charge in [-0.25, -0.2) is 4.79 Å². The summed E-state index contributed by atoms with van der Waals surface area (Å²) in [6, 6.07) is 1.23. The fourth-order valence-corrected chi connectivity index (χ4v) is 5.39. The molecule has 0 spiro atoms. The molecule has 1 aliphatic heterocycles. The molecule has 2 rings (SSSR count). The van der Waals surface area contributed by atoms with E-state index in [-0.39, 0.29) is 19.0 Å². The monoisotopic (exact) mass is 550 g/mol. The first-order valence-electron chi connectivity index (χ1n) is 15.8. The Morgan fingerprint density at radius 1 is 0.872 bits per heavy atom. The van der Waals surface area contributed by atoms with Crippen molar-refractivity contribution in [2.75, 3.05) is 6.61 Å². The molecule has 1 aromatic heterocycles. The number of carbonyl (C=O) groups is 1. The number of H-pyrrole nitrogens is 1. The summed E-state index contributed by atoms with van der Waals surface area (Å²) in [5, 5.41) is 9.61. The van der Waals surface area contributed by atoms with E-state index in [0.29, 0.717) is 6.42 Å². The van der Waals surface area contributed by atoms with Crippen LogP contribution in [0.1, 0.15) is 148 Å². The van der Waals surface area contributed by atoms with Gasteiger partial charge in [0.2, 0.25) is 0 Å². The van der Waals surface area contributed by atoms with E-state index < -0.39 is 29.7 Å². The van der Waals surface area contributed by atoms with Crippen molar-refractivity contribution in [3.8, 4) is 0 Å². The first-order chi connectivity index (χ1) is 19.0. The molecule has 0 unspecified atom stereocenters. The van der Waals surface area contributed by atoms with Gasteiger partial charge in [-0.15, -0.1) is 0 Å². The van der Waals surface area contributed by atoms with E-state index in [0.717, 1.165) is 19.3 Å². The Bertz CT molecular complexity index is 882. The molecule has 0 aromatic carbocycles. The molecule has 3 atom stereocenters. The van der Waals surface area contributed by atoms with Crippen LogP contribution >= 0.6 is 0 Å². The van der Waals surface area contributed by atoms with Crippen LogP contribution in [-0.2, 0) is 14.3 Å². The molecule has 224 valence electrons. The van der Waals surface area contributed by atoms with Gasteiger partial charge in [-0.3, -0.25) is 19.1 Å². The highest BCUT2D eigenvalue weighted by Crippen LogP contribution is 2.30. The zero-order valence-corrected chi connectivity index (χ0v) is 24.4. The molecule has 0 aliphatic carbocycles. The van der Waals surface area contributed by atoms with Crippen molar-refractivity contribution in [1.29, 1.82) is 0 Å². The van der Waals surface area contributed by atoms with Crippen LogP contribution in [0, 0.1) is 0 Å². The highest BCUT2D eigenvalue weighted by atomic mass is 16.6. The first-order valence-corrected chi connectivity index (χ1v) is 15.8. The normalized spacial score (nSPS) is 19.0. The third kappa shape index (κ3) is 14.3. The summed E-state index contributed by atoms with van der Waals surface area (Å²) >= 11 is 0. The van der Waals surface area contributed by atoms with Gasteiger partial charge in [0.15, 0.2) is 0 Å². The number of aromatic nitrogens is 2. The third-order valence-corrected chi connectivity index (χ3v) is 7.79. The van der Waals surface area contributed by atoms with Gasteiger partial charge in [-0.1, -0.05) is 122 Å². The minimum atomic E-state index is -0.695. The summed E-state index contributed by atoms with van der Waals surface area (Å²) in [4.78, 5) is 37.8. The second kappa shape index (κ2) is 20.9. The van der Waals surface area contributed by atoms with Crippen LogP contribution in [-0.4, -0.2) is 39.4 Å². The van der Waals surface area contributed by atoms with Crippen molar-refractivity contribution < 1.29 is 19.4 Å². The molecule has 1 saturated heterocycles. The second-order valence-corrected chi connectivity index (χ2v) is 11.2. The minimum Gasteiger partial charge on any atom is -0.459 e. The summed E-state index contributed by atoms with van der Waals surface area (Å²) in [5.41, 5.74) is -1.08. The van der Waals surface area contributed by atoms with Gasteiger partial charge in [0.25, 0.3) is 5.56 Å². The number of rotatable bonds is 23. The Morgan fingerprint density at radius 3 is 1.82 bits per heavy atom. The Hall–Kier alpha value is -1.93. The third-order valence-electron chi connectivity index (χ3n) is 7.79. The quantitative estimate of drug-likeness (QED) is 0.118.